The Morgan fingerprint density at radius 2 is 2.03 bits per heavy atom. The van der Waals surface area contributed by atoms with Gasteiger partial charge in [-0.1, -0.05) is 13.8 Å². The molecular formula is C21H27N3O6. The van der Waals surface area contributed by atoms with Crippen LogP contribution in [0.15, 0.2) is 18.2 Å². The second-order valence-electron chi connectivity index (χ2n) is 7.57. The molecule has 1 heterocycles. The summed E-state index contributed by atoms with van der Waals surface area (Å²) in [6.07, 6.45) is -0.0302. The van der Waals surface area contributed by atoms with Gasteiger partial charge in [0, 0.05) is 19.0 Å². The maximum Gasteiger partial charge on any atom is 0.311 e. The van der Waals surface area contributed by atoms with Crippen LogP contribution in [0.4, 0.5) is 5.69 Å². The summed E-state index contributed by atoms with van der Waals surface area (Å²) in [7, 11) is 3.01. The molecule has 0 radical (unpaired) electrons. The largest absolute Gasteiger partial charge is 0.497 e. The van der Waals surface area contributed by atoms with Gasteiger partial charge in [-0.2, -0.15) is 5.26 Å². The number of nitrogens with one attached hydrogen (secondary N) is 1. The number of esters is 1. The van der Waals surface area contributed by atoms with E-state index in [-0.39, 0.29) is 24.8 Å². The van der Waals surface area contributed by atoms with Crippen LogP contribution in [0.1, 0.15) is 27.2 Å². The SMILES string of the molecule is COc1ccc(N2C[C@H](C(=O)OCC(=O)N[C@](C)(C#N)C(C)C)CC2=O)c(OC)c1. The van der Waals surface area contributed by atoms with Crippen molar-refractivity contribution >= 4 is 23.5 Å². The number of methoxy groups -OCH3 is 2. The van der Waals surface area contributed by atoms with E-state index in [4.69, 9.17) is 14.2 Å². The highest BCUT2D eigenvalue weighted by Gasteiger charge is 2.38. The zero-order valence-corrected chi connectivity index (χ0v) is 17.9. The molecule has 9 nitrogen and oxygen atoms in total. The van der Waals surface area contributed by atoms with Crippen LogP contribution in [0.5, 0.6) is 11.5 Å². The smallest absolute Gasteiger partial charge is 0.311 e. The average Bonchev–Trinajstić information content (AvgIpc) is 3.12. The van der Waals surface area contributed by atoms with Gasteiger partial charge in [0.05, 0.1) is 31.9 Å². The van der Waals surface area contributed by atoms with Gasteiger partial charge in [-0.15, -0.1) is 0 Å². The fraction of sp³-hybridized carbons (Fsp3) is 0.524. The lowest BCUT2D eigenvalue weighted by Crippen LogP contribution is -2.50. The molecular weight excluding hydrogens is 390 g/mol. The number of nitriles is 1. The van der Waals surface area contributed by atoms with Crippen LogP contribution in [0, 0.1) is 23.2 Å². The molecule has 1 aliphatic rings. The average molecular weight is 417 g/mol. The summed E-state index contributed by atoms with van der Waals surface area (Å²) in [6, 6.07) is 7.09. The van der Waals surface area contributed by atoms with E-state index in [1.54, 1.807) is 25.1 Å². The van der Waals surface area contributed by atoms with Crippen molar-refractivity contribution in [3.8, 4) is 17.6 Å². The summed E-state index contributed by atoms with van der Waals surface area (Å²) in [4.78, 5) is 38.4. The van der Waals surface area contributed by atoms with Crippen molar-refractivity contribution in [1.82, 2.24) is 5.32 Å². The summed E-state index contributed by atoms with van der Waals surface area (Å²) >= 11 is 0. The Hall–Kier alpha value is -3.28. The van der Waals surface area contributed by atoms with Crippen molar-refractivity contribution in [3.63, 3.8) is 0 Å². The molecule has 1 saturated heterocycles. The van der Waals surface area contributed by atoms with E-state index < -0.39 is 29.9 Å². The minimum absolute atomic E-state index is 0.0302. The second-order valence-corrected chi connectivity index (χ2v) is 7.57. The van der Waals surface area contributed by atoms with Crippen LogP contribution < -0.4 is 19.7 Å². The monoisotopic (exact) mass is 417 g/mol. The first kappa shape index (κ1) is 23.0. The molecule has 0 bridgehead atoms. The zero-order valence-electron chi connectivity index (χ0n) is 17.9. The van der Waals surface area contributed by atoms with E-state index in [2.05, 4.69) is 11.4 Å². The summed E-state index contributed by atoms with van der Waals surface area (Å²) in [5.41, 5.74) is -0.535. The number of carbonyl (C=O) groups is 3. The van der Waals surface area contributed by atoms with Crippen LogP contribution in [0.3, 0.4) is 0 Å². The molecule has 2 atom stereocenters. The lowest BCUT2D eigenvalue weighted by molar-refractivity contribution is -0.152. The molecule has 1 aromatic carbocycles. The van der Waals surface area contributed by atoms with Gasteiger partial charge in [0.25, 0.3) is 5.91 Å². The topological polar surface area (TPSA) is 118 Å². The number of nitrogens with zero attached hydrogens (tertiary/aromatic N) is 2. The Morgan fingerprint density at radius 3 is 2.60 bits per heavy atom. The maximum absolute atomic E-state index is 12.5. The summed E-state index contributed by atoms with van der Waals surface area (Å²) in [5, 5.41) is 11.8. The minimum atomic E-state index is -1.06. The molecule has 2 amide bonds. The third-order valence-corrected chi connectivity index (χ3v) is 5.27. The van der Waals surface area contributed by atoms with E-state index >= 15 is 0 Å². The number of ether oxygens (including phenoxy) is 3. The predicted octanol–water partition coefficient (Wildman–Crippen LogP) is 1.65. The highest BCUT2D eigenvalue weighted by molar-refractivity contribution is 6.00. The van der Waals surface area contributed by atoms with Gasteiger partial charge in [-0.25, -0.2) is 0 Å². The minimum Gasteiger partial charge on any atom is -0.497 e. The lowest BCUT2D eigenvalue weighted by atomic mass is 9.90. The molecule has 162 valence electrons. The van der Waals surface area contributed by atoms with Crippen molar-refractivity contribution in [3.05, 3.63) is 18.2 Å². The normalized spacial score (nSPS) is 17.8. The Kier molecular flexibility index (Phi) is 7.27. The van der Waals surface area contributed by atoms with E-state index in [0.717, 1.165) is 0 Å². The van der Waals surface area contributed by atoms with Gasteiger partial charge in [0.15, 0.2) is 6.61 Å². The van der Waals surface area contributed by atoms with E-state index in [1.807, 2.05) is 13.8 Å². The fourth-order valence-corrected chi connectivity index (χ4v) is 2.99. The van der Waals surface area contributed by atoms with Crippen LogP contribution in [0.2, 0.25) is 0 Å². The molecule has 1 aliphatic heterocycles. The quantitative estimate of drug-likeness (QED) is 0.639. The third-order valence-electron chi connectivity index (χ3n) is 5.27. The van der Waals surface area contributed by atoms with E-state index in [1.165, 1.54) is 19.1 Å². The highest BCUT2D eigenvalue weighted by atomic mass is 16.5. The predicted molar refractivity (Wildman–Crippen MR) is 108 cm³/mol. The number of benzene rings is 1. The lowest BCUT2D eigenvalue weighted by Gasteiger charge is -2.27. The Morgan fingerprint density at radius 1 is 1.33 bits per heavy atom. The first-order valence-corrected chi connectivity index (χ1v) is 9.56. The first-order valence-electron chi connectivity index (χ1n) is 9.56. The Balaban J connectivity index is 1.99. The molecule has 0 aromatic heterocycles. The molecule has 0 saturated carbocycles. The van der Waals surface area contributed by atoms with Gasteiger partial charge in [0.2, 0.25) is 5.91 Å². The number of hydrogen-bond donors (Lipinski definition) is 1. The molecule has 1 N–H and O–H groups in total. The van der Waals surface area contributed by atoms with Crippen molar-refractivity contribution in [2.24, 2.45) is 11.8 Å². The van der Waals surface area contributed by atoms with Gasteiger partial charge in [-0.3, -0.25) is 14.4 Å². The number of carbonyl (C=O) groups excluding carboxylic acids is 3. The molecule has 2 rings (SSSR count). The van der Waals surface area contributed by atoms with E-state index in [9.17, 15) is 19.6 Å². The molecule has 1 fully saturated rings. The van der Waals surface area contributed by atoms with E-state index in [0.29, 0.717) is 17.2 Å². The molecule has 9 heteroatoms. The molecule has 0 unspecified atom stereocenters. The second kappa shape index (κ2) is 9.48. The van der Waals surface area contributed by atoms with Gasteiger partial charge < -0.3 is 24.4 Å². The van der Waals surface area contributed by atoms with Crippen molar-refractivity contribution in [1.29, 1.82) is 5.26 Å². The maximum atomic E-state index is 12.5. The van der Waals surface area contributed by atoms with Crippen molar-refractivity contribution in [2.75, 3.05) is 32.3 Å². The number of rotatable bonds is 8. The van der Waals surface area contributed by atoms with Crippen molar-refractivity contribution < 1.29 is 28.6 Å². The number of amides is 2. The zero-order chi connectivity index (χ0) is 22.5. The standard InChI is InChI=1S/C21H27N3O6/c1-13(2)21(3,12-22)23-18(25)11-30-20(27)14-8-19(26)24(10-14)16-7-6-15(28-4)9-17(16)29-5/h6-7,9,13-14H,8,10-11H2,1-5H3,(H,23,25)/t14-,21-/m1/s1. The number of hydrogen-bond acceptors (Lipinski definition) is 7. The van der Waals surface area contributed by atoms with Gasteiger partial charge in [-0.05, 0) is 25.0 Å². The summed E-state index contributed by atoms with van der Waals surface area (Å²) in [5.74, 6) is -1.26. The first-order chi connectivity index (χ1) is 14.1. The third kappa shape index (κ3) is 5.00. The fourth-order valence-electron chi connectivity index (χ4n) is 2.99. The molecule has 0 aliphatic carbocycles. The Labute approximate surface area is 175 Å². The van der Waals surface area contributed by atoms with Crippen LogP contribution in [0.25, 0.3) is 0 Å². The highest BCUT2D eigenvalue weighted by Crippen LogP contribution is 2.36. The summed E-state index contributed by atoms with van der Waals surface area (Å²) < 4.78 is 15.6. The van der Waals surface area contributed by atoms with Crippen LogP contribution >= 0.6 is 0 Å². The molecule has 1 aromatic rings. The van der Waals surface area contributed by atoms with Gasteiger partial charge >= 0.3 is 5.97 Å². The molecule has 30 heavy (non-hydrogen) atoms. The number of anilines is 1. The summed E-state index contributed by atoms with van der Waals surface area (Å²) in [6.45, 7) is 4.82. The van der Waals surface area contributed by atoms with Crippen molar-refractivity contribution in [2.45, 2.75) is 32.7 Å². The van der Waals surface area contributed by atoms with Gasteiger partial charge in [0.1, 0.15) is 17.0 Å². The van der Waals surface area contributed by atoms with Crippen LogP contribution in [-0.2, 0) is 19.1 Å². The van der Waals surface area contributed by atoms with Crippen LogP contribution in [-0.4, -0.2) is 50.7 Å². The molecule has 0 spiro atoms. The Bertz CT molecular complexity index is 863.